The minimum absolute atomic E-state index is 0. The summed E-state index contributed by atoms with van der Waals surface area (Å²) < 4.78 is 31.6. The molecule has 0 aromatic rings. The Kier molecular flexibility index (Phi) is 26.5. The number of hydrogen-bond acceptors (Lipinski definition) is 3. The van der Waals surface area contributed by atoms with Crippen LogP contribution in [0.1, 0.15) is 84.0 Å². The summed E-state index contributed by atoms with van der Waals surface area (Å²) in [4.78, 5) is 0. The quantitative estimate of drug-likeness (QED) is 0.288. The van der Waals surface area contributed by atoms with Gasteiger partial charge in [0.05, 0.1) is 0 Å². The van der Waals surface area contributed by atoms with Gasteiger partial charge in [0.2, 0.25) is 0 Å². The van der Waals surface area contributed by atoms with Crippen LogP contribution in [0.15, 0.2) is 0 Å². The van der Waals surface area contributed by atoms with Gasteiger partial charge in [-0.25, -0.2) is 0 Å². The molecule has 0 bridgehead atoms. The SMILES string of the molecule is CCCCCCCCCCCCCCO.O=S(=O)(O)O.[NaH]. The van der Waals surface area contributed by atoms with Crippen molar-refractivity contribution in [3.8, 4) is 0 Å². The van der Waals surface area contributed by atoms with Crippen molar-refractivity contribution >= 4 is 40.0 Å². The zero-order chi connectivity index (χ0) is 15.7. The summed E-state index contributed by atoms with van der Waals surface area (Å²) in [5, 5.41) is 8.61. The van der Waals surface area contributed by atoms with Crippen LogP contribution in [0.4, 0.5) is 0 Å². The Bertz CT molecular complexity index is 251. The topological polar surface area (TPSA) is 94.8 Å². The Labute approximate surface area is 152 Å². The molecule has 0 amide bonds. The van der Waals surface area contributed by atoms with Gasteiger partial charge in [0.15, 0.2) is 0 Å². The third-order valence-corrected chi connectivity index (χ3v) is 3.01. The van der Waals surface area contributed by atoms with E-state index in [0.717, 1.165) is 6.42 Å². The van der Waals surface area contributed by atoms with Crippen LogP contribution in [0.3, 0.4) is 0 Å². The average molecular weight is 336 g/mol. The Morgan fingerprint density at radius 1 is 0.667 bits per heavy atom. The minimum atomic E-state index is -4.67. The monoisotopic (exact) mass is 336 g/mol. The summed E-state index contributed by atoms with van der Waals surface area (Å²) in [5.41, 5.74) is 0. The predicted molar refractivity (Wildman–Crippen MR) is 89.5 cm³/mol. The number of aliphatic hydroxyl groups excluding tert-OH is 1. The first-order valence-electron chi connectivity index (χ1n) is 7.72. The van der Waals surface area contributed by atoms with Crippen molar-refractivity contribution in [3.63, 3.8) is 0 Å². The van der Waals surface area contributed by atoms with Crippen molar-refractivity contribution in [2.24, 2.45) is 0 Å². The Morgan fingerprint density at radius 3 is 1.14 bits per heavy atom. The molecule has 5 nitrogen and oxygen atoms in total. The molecule has 0 rings (SSSR count). The Balaban J connectivity index is -0.000000465. The van der Waals surface area contributed by atoms with Gasteiger partial charge in [-0.1, -0.05) is 77.6 Å². The van der Waals surface area contributed by atoms with E-state index < -0.39 is 10.4 Å². The van der Waals surface area contributed by atoms with Gasteiger partial charge in [0.25, 0.3) is 0 Å². The normalized spacial score (nSPS) is 10.5. The van der Waals surface area contributed by atoms with Gasteiger partial charge in [0.1, 0.15) is 0 Å². The first-order valence-corrected chi connectivity index (χ1v) is 9.12. The van der Waals surface area contributed by atoms with Gasteiger partial charge >= 0.3 is 40.0 Å². The third-order valence-electron chi connectivity index (χ3n) is 3.01. The first-order chi connectivity index (χ1) is 9.41. The summed E-state index contributed by atoms with van der Waals surface area (Å²) >= 11 is 0. The molecule has 0 spiro atoms. The molecule has 0 aliphatic heterocycles. The maximum atomic E-state index is 8.74. The van der Waals surface area contributed by atoms with Gasteiger partial charge in [-0.2, -0.15) is 8.42 Å². The Hall–Kier alpha value is 0.830. The van der Waals surface area contributed by atoms with Crippen molar-refractivity contribution in [1.29, 1.82) is 0 Å². The van der Waals surface area contributed by atoms with Gasteiger partial charge in [0, 0.05) is 6.61 Å². The molecule has 0 unspecified atom stereocenters. The van der Waals surface area contributed by atoms with E-state index in [2.05, 4.69) is 6.92 Å². The number of aliphatic hydroxyl groups is 1. The zero-order valence-electron chi connectivity index (χ0n) is 12.8. The Morgan fingerprint density at radius 2 is 0.905 bits per heavy atom. The molecule has 0 saturated heterocycles. The average Bonchev–Trinajstić information content (AvgIpc) is 2.34. The molecule has 0 aromatic heterocycles. The summed E-state index contributed by atoms with van der Waals surface area (Å²) in [7, 11) is -4.67. The van der Waals surface area contributed by atoms with Crippen LogP contribution in [0.2, 0.25) is 0 Å². The first kappa shape index (κ1) is 26.7. The van der Waals surface area contributed by atoms with Crippen LogP contribution >= 0.6 is 0 Å². The van der Waals surface area contributed by atoms with E-state index in [1.165, 1.54) is 70.6 Å². The predicted octanol–water partition coefficient (Wildman–Crippen LogP) is 3.38. The summed E-state index contributed by atoms with van der Waals surface area (Å²) in [6, 6.07) is 0. The molecular formula is C14H33NaO5S. The zero-order valence-corrected chi connectivity index (χ0v) is 13.6. The molecule has 0 radical (unpaired) electrons. The second kappa shape index (κ2) is 20.8. The van der Waals surface area contributed by atoms with Crippen molar-refractivity contribution in [2.75, 3.05) is 6.61 Å². The summed E-state index contributed by atoms with van der Waals surface area (Å²) in [6.45, 7) is 2.64. The second-order valence-electron chi connectivity index (χ2n) is 5.06. The maximum absolute atomic E-state index is 8.74. The van der Waals surface area contributed by atoms with Crippen LogP contribution in [-0.4, -0.2) is 58.8 Å². The van der Waals surface area contributed by atoms with Crippen LogP contribution in [-0.2, 0) is 10.4 Å². The molecule has 0 aliphatic carbocycles. The van der Waals surface area contributed by atoms with E-state index in [1.54, 1.807) is 0 Å². The van der Waals surface area contributed by atoms with Gasteiger partial charge in [-0.3, -0.25) is 9.11 Å². The van der Waals surface area contributed by atoms with E-state index in [0.29, 0.717) is 6.61 Å². The van der Waals surface area contributed by atoms with Crippen molar-refractivity contribution in [2.45, 2.75) is 84.0 Å². The van der Waals surface area contributed by atoms with E-state index in [-0.39, 0.29) is 29.6 Å². The molecule has 0 aliphatic rings. The number of hydrogen-bond donors (Lipinski definition) is 3. The van der Waals surface area contributed by atoms with E-state index in [9.17, 15) is 0 Å². The van der Waals surface area contributed by atoms with E-state index in [4.69, 9.17) is 22.6 Å². The van der Waals surface area contributed by atoms with Crippen molar-refractivity contribution in [1.82, 2.24) is 0 Å². The second-order valence-corrected chi connectivity index (χ2v) is 5.96. The molecule has 21 heavy (non-hydrogen) atoms. The standard InChI is InChI=1S/C14H30O.Na.H2O4S.H/c1-2-3-4-5-6-7-8-9-10-11-12-13-14-15;;1-5(2,3)4;/h15H,2-14H2,1H3;;(H2,1,2,3,4);. The van der Waals surface area contributed by atoms with Crippen LogP contribution in [0.5, 0.6) is 0 Å². The van der Waals surface area contributed by atoms with Gasteiger partial charge < -0.3 is 5.11 Å². The van der Waals surface area contributed by atoms with Crippen LogP contribution in [0, 0.1) is 0 Å². The summed E-state index contributed by atoms with van der Waals surface area (Å²) in [5.74, 6) is 0. The van der Waals surface area contributed by atoms with Crippen molar-refractivity contribution < 1.29 is 22.6 Å². The molecule has 0 fully saturated rings. The number of rotatable bonds is 12. The molecule has 126 valence electrons. The number of unbranched alkanes of at least 4 members (excludes halogenated alkanes) is 11. The fourth-order valence-corrected chi connectivity index (χ4v) is 1.95. The molecule has 3 N–H and O–H groups in total. The summed E-state index contributed by atoms with van der Waals surface area (Å²) in [6.07, 6.45) is 16.2. The molecule has 7 heteroatoms. The van der Waals surface area contributed by atoms with Crippen LogP contribution < -0.4 is 0 Å². The van der Waals surface area contributed by atoms with Gasteiger partial charge in [-0.05, 0) is 6.42 Å². The fourth-order valence-electron chi connectivity index (χ4n) is 1.95. The van der Waals surface area contributed by atoms with Crippen molar-refractivity contribution in [3.05, 3.63) is 0 Å². The van der Waals surface area contributed by atoms with Gasteiger partial charge in [-0.15, -0.1) is 0 Å². The molecule has 0 saturated carbocycles. The molecular weight excluding hydrogens is 303 g/mol. The fraction of sp³-hybridized carbons (Fsp3) is 1.00. The van der Waals surface area contributed by atoms with Crippen LogP contribution in [0.25, 0.3) is 0 Å². The molecule has 0 aromatic carbocycles. The van der Waals surface area contributed by atoms with E-state index >= 15 is 0 Å². The third kappa shape index (κ3) is 44.9. The van der Waals surface area contributed by atoms with E-state index in [1.807, 2.05) is 0 Å². The molecule has 0 heterocycles. The molecule has 0 atom stereocenters.